The number of hydrogen-bond acceptors (Lipinski definition) is 2. The Hall–Kier alpha value is -1.26. The summed E-state index contributed by atoms with van der Waals surface area (Å²) in [5.41, 5.74) is -0.855. The van der Waals surface area contributed by atoms with Crippen LogP contribution in [0.5, 0.6) is 0 Å². The standard InChI is InChI=1S/C13H26N2O3/c1-6-10(4)15(5)12(18)14-9-13(7-2,8-3)11(16)17/h10H,6-9H2,1-5H3,(H,14,18)(H,16,17). The highest BCUT2D eigenvalue weighted by molar-refractivity contribution is 5.78. The lowest BCUT2D eigenvalue weighted by Crippen LogP contribution is -2.48. The highest BCUT2D eigenvalue weighted by Gasteiger charge is 2.35. The molecule has 0 fully saturated rings. The molecule has 0 radical (unpaired) electrons. The summed E-state index contributed by atoms with van der Waals surface area (Å²) < 4.78 is 0. The van der Waals surface area contributed by atoms with Crippen molar-refractivity contribution >= 4 is 12.0 Å². The Labute approximate surface area is 110 Å². The van der Waals surface area contributed by atoms with Gasteiger partial charge in [-0.25, -0.2) is 4.79 Å². The van der Waals surface area contributed by atoms with Crippen LogP contribution in [0, 0.1) is 5.41 Å². The zero-order chi connectivity index (χ0) is 14.3. The number of nitrogens with zero attached hydrogens (tertiary/aromatic N) is 1. The first-order valence-electron chi connectivity index (χ1n) is 6.58. The van der Waals surface area contributed by atoms with Gasteiger partial charge in [-0.2, -0.15) is 0 Å². The van der Waals surface area contributed by atoms with Gasteiger partial charge in [0.05, 0.1) is 5.41 Å². The second kappa shape index (κ2) is 7.24. The minimum atomic E-state index is -0.855. The fourth-order valence-corrected chi connectivity index (χ4v) is 1.72. The van der Waals surface area contributed by atoms with Gasteiger partial charge in [0, 0.05) is 19.6 Å². The van der Waals surface area contributed by atoms with Crippen molar-refractivity contribution in [3.05, 3.63) is 0 Å². The quantitative estimate of drug-likeness (QED) is 0.736. The molecular formula is C13H26N2O3. The van der Waals surface area contributed by atoms with E-state index in [0.717, 1.165) is 6.42 Å². The number of carbonyl (C=O) groups is 2. The highest BCUT2D eigenvalue weighted by atomic mass is 16.4. The van der Waals surface area contributed by atoms with E-state index in [2.05, 4.69) is 5.32 Å². The van der Waals surface area contributed by atoms with E-state index >= 15 is 0 Å². The van der Waals surface area contributed by atoms with Gasteiger partial charge in [-0.05, 0) is 26.2 Å². The summed E-state index contributed by atoms with van der Waals surface area (Å²) >= 11 is 0. The van der Waals surface area contributed by atoms with Gasteiger partial charge in [-0.3, -0.25) is 4.79 Å². The van der Waals surface area contributed by atoms with Gasteiger partial charge in [0.15, 0.2) is 0 Å². The van der Waals surface area contributed by atoms with Crippen LogP contribution < -0.4 is 5.32 Å². The fourth-order valence-electron chi connectivity index (χ4n) is 1.72. The van der Waals surface area contributed by atoms with Crippen molar-refractivity contribution in [2.75, 3.05) is 13.6 Å². The Balaban J connectivity index is 4.54. The third-order valence-electron chi connectivity index (χ3n) is 3.96. The van der Waals surface area contributed by atoms with Crippen molar-refractivity contribution in [1.82, 2.24) is 10.2 Å². The maximum Gasteiger partial charge on any atom is 0.317 e. The van der Waals surface area contributed by atoms with Crippen molar-refractivity contribution in [3.63, 3.8) is 0 Å². The lowest BCUT2D eigenvalue weighted by atomic mass is 9.82. The molecule has 1 atom stereocenters. The van der Waals surface area contributed by atoms with E-state index in [1.54, 1.807) is 11.9 Å². The molecule has 2 amide bonds. The van der Waals surface area contributed by atoms with Gasteiger partial charge in [-0.15, -0.1) is 0 Å². The van der Waals surface area contributed by atoms with Crippen molar-refractivity contribution in [1.29, 1.82) is 0 Å². The van der Waals surface area contributed by atoms with Crippen LogP contribution in [0.1, 0.15) is 47.0 Å². The molecule has 0 aromatic rings. The van der Waals surface area contributed by atoms with Crippen LogP contribution in [-0.2, 0) is 4.79 Å². The number of carbonyl (C=O) groups excluding carboxylic acids is 1. The lowest BCUT2D eigenvalue weighted by molar-refractivity contribution is -0.149. The zero-order valence-electron chi connectivity index (χ0n) is 12.1. The Morgan fingerprint density at radius 2 is 1.78 bits per heavy atom. The van der Waals surface area contributed by atoms with Gasteiger partial charge in [0.2, 0.25) is 0 Å². The molecule has 0 aliphatic heterocycles. The fraction of sp³-hybridized carbons (Fsp3) is 0.846. The maximum absolute atomic E-state index is 11.9. The van der Waals surface area contributed by atoms with Gasteiger partial charge >= 0.3 is 12.0 Å². The minimum Gasteiger partial charge on any atom is -0.481 e. The molecule has 0 aromatic heterocycles. The Morgan fingerprint density at radius 3 is 2.11 bits per heavy atom. The first-order valence-corrected chi connectivity index (χ1v) is 6.58. The largest absolute Gasteiger partial charge is 0.481 e. The molecule has 0 aromatic carbocycles. The monoisotopic (exact) mass is 258 g/mol. The van der Waals surface area contributed by atoms with Gasteiger partial charge in [0.1, 0.15) is 0 Å². The Kier molecular flexibility index (Phi) is 6.73. The first kappa shape index (κ1) is 16.7. The molecule has 0 rings (SSSR count). The molecule has 106 valence electrons. The molecule has 1 unspecified atom stereocenters. The zero-order valence-corrected chi connectivity index (χ0v) is 12.1. The Morgan fingerprint density at radius 1 is 1.28 bits per heavy atom. The molecule has 5 nitrogen and oxygen atoms in total. The third-order valence-corrected chi connectivity index (χ3v) is 3.96. The van der Waals surface area contributed by atoms with Crippen molar-refractivity contribution in [2.45, 2.75) is 53.0 Å². The number of carboxylic acids is 1. The van der Waals surface area contributed by atoms with E-state index in [0.29, 0.717) is 12.8 Å². The number of hydrogen-bond donors (Lipinski definition) is 2. The van der Waals surface area contributed by atoms with Crippen LogP contribution in [0.2, 0.25) is 0 Å². The number of rotatable bonds is 7. The third kappa shape index (κ3) is 3.89. The van der Waals surface area contributed by atoms with Crippen LogP contribution in [0.3, 0.4) is 0 Å². The van der Waals surface area contributed by atoms with Gasteiger partial charge in [0.25, 0.3) is 0 Å². The highest BCUT2D eigenvalue weighted by Crippen LogP contribution is 2.25. The molecular weight excluding hydrogens is 232 g/mol. The summed E-state index contributed by atoms with van der Waals surface area (Å²) in [6.07, 6.45) is 1.88. The predicted molar refractivity (Wildman–Crippen MR) is 71.6 cm³/mol. The number of nitrogens with one attached hydrogen (secondary N) is 1. The SMILES string of the molecule is CCC(C)N(C)C(=O)NCC(CC)(CC)C(=O)O. The van der Waals surface area contributed by atoms with Crippen molar-refractivity contribution < 1.29 is 14.7 Å². The van der Waals surface area contributed by atoms with E-state index in [1.807, 2.05) is 27.7 Å². The second-order valence-corrected chi connectivity index (χ2v) is 4.82. The van der Waals surface area contributed by atoms with E-state index in [4.69, 9.17) is 0 Å². The van der Waals surface area contributed by atoms with Gasteiger partial charge in [-0.1, -0.05) is 20.8 Å². The van der Waals surface area contributed by atoms with Crippen LogP contribution in [-0.4, -0.2) is 41.6 Å². The average Bonchev–Trinajstić information content (AvgIpc) is 2.37. The average molecular weight is 258 g/mol. The summed E-state index contributed by atoms with van der Waals surface area (Å²) in [6, 6.07) is -0.0654. The van der Waals surface area contributed by atoms with E-state index in [-0.39, 0.29) is 18.6 Å². The first-order chi connectivity index (χ1) is 8.34. The summed E-state index contributed by atoms with van der Waals surface area (Å²) in [7, 11) is 1.73. The molecule has 0 saturated carbocycles. The lowest BCUT2D eigenvalue weighted by Gasteiger charge is -2.30. The molecule has 5 heteroatoms. The van der Waals surface area contributed by atoms with Crippen LogP contribution in [0.4, 0.5) is 4.79 Å². The summed E-state index contributed by atoms with van der Waals surface area (Å²) in [4.78, 5) is 24.8. The molecule has 18 heavy (non-hydrogen) atoms. The van der Waals surface area contributed by atoms with E-state index < -0.39 is 11.4 Å². The predicted octanol–water partition coefficient (Wildman–Crippen LogP) is 2.32. The summed E-state index contributed by atoms with van der Waals surface area (Å²) in [5, 5.41) is 12.0. The molecule has 0 bridgehead atoms. The van der Waals surface area contributed by atoms with Crippen LogP contribution in [0.15, 0.2) is 0 Å². The number of aliphatic carboxylic acids is 1. The maximum atomic E-state index is 11.9. The molecule has 0 saturated heterocycles. The smallest absolute Gasteiger partial charge is 0.317 e. The van der Waals surface area contributed by atoms with Crippen LogP contribution in [0.25, 0.3) is 0 Å². The Bertz CT molecular complexity index is 288. The molecule has 0 heterocycles. The van der Waals surface area contributed by atoms with Crippen molar-refractivity contribution in [2.24, 2.45) is 5.41 Å². The topological polar surface area (TPSA) is 69.6 Å². The van der Waals surface area contributed by atoms with E-state index in [1.165, 1.54) is 0 Å². The second-order valence-electron chi connectivity index (χ2n) is 4.82. The van der Waals surface area contributed by atoms with Gasteiger partial charge < -0.3 is 15.3 Å². The molecule has 0 aliphatic carbocycles. The number of urea groups is 1. The number of amides is 2. The minimum absolute atomic E-state index is 0.146. The van der Waals surface area contributed by atoms with Crippen molar-refractivity contribution in [3.8, 4) is 0 Å². The van der Waals surface area contributed by atoms with E-state index in [9.17, 15) is 14.7 Å². The molecule has 2 N–H and O–H groups in total. The molecule has 0 aliphatic rings. The number of carboxylic acid groups (broad SMARTS) is 1. The summed E-state index contributed by atoms with van der Waals surface area (Å²) in [5.74, 6) is -0.848. The molecule has 0 spiro atoms. The normalized spacial score (nSPS) is 12.9. The van der Waals surface area contributed by atoms with Crippen LogP contribution >= 0.6 is 0 Å². The summed E-state index contributed by atoms with van der Waals surface area (Å²) in [6.45, 7) is 7.82.